The van der Waals surface area contributed by atoms with Crippen LogP contribution in [0, 0.1) is 0 Å². The minimum atomic E-state index is 0.756. The van der Waals surface area contributed by atoms with Crippen molar-refractivity contribution < 1.29 is 4.79 Å². The van der Waals surface area contributed by atoms with E-state index in [-0.39, 0.29) is 0 Å². The molecule has 0 aliphatic carbocycles. The maximum Gasteiger partial charge on any atom is 0.150 e. The average molecular weight is 249 g/mol. The normalized spacial score (nSPS) is 16.2. The van der Waals surface area contributed by atoms with Crippen molar-refractivity contribution in [1.29, 1.82) is 0 Å². The van der Waals surface area contributed by atoms with E-state index >= 15 is 0 Å². The lowest BCUT2D eigenvalue weighted by Crippen LogP contribution is -2.20. The van der Waals surface area contributed by atoms with Crippen molar-refractivity contribution in [1.82, 2.24) is 4.90 Å². The molecule has 0 bridgehead atoms. The fourth-order valence-electron chi connectivity index (χ4n) is 2.13. The zero-order chi connectivity index (χ0) is 11.9. The van der Waals surface area contributed by atoms with Gasteiger partial charge in [-0.05, 0) is 56.8 Å². The van der Waals surface area contributed by atoms with Gasteiger partial charge in [0.1, 0.15) is 6.29 Å². The number of carbonyl (C=O) groups excluding carboxylic acids is 1. The van der Waals surface area contributed by atoms with Gasteiger partial charge in [0, 0.05) is 10.5 Å². The van der Waals surface area contributed by atoms with E-state index in [1.807, 2.05) is 36.0 Å². The maximum atomic E-state index is 10.5. The third-order valence-electron chi connectivity index (χ3n) is 3.10. The summed E-state index contributed by atoms with van der Waals surface area (Å²) in [6.07, 6.45) is 4.89. The van der Waals surface area contributed by atoms with Crippen molar-refractivity contribution in [2.75, 3.05) is 25.4 Å². The van der Waals surface area contributed by atoms with Crippen LogP contribution in [0.15, 0.2) is 29.2 Å². The van der Waals surface area contributed by atoms with Gasteiger partial charge in [0.05, 0.1) is 0 Å². The molecule has 0 atom stereocenters. The van der Waals surface area contributed by atoms with E-state index in [4.69, 9.17) is 0 Å². The van der Waals surface area contributed by atoms with Gasteiger partial charge in [0.2, 0.25) is 0 Å². The van der Waals surface area contributed by atoms with E-state index in [9.17, 15) is 4.79 Å². The van der Waals surface area contributed by atoms with Crippen LogP contribution in [-0.2, 0) is 0 Å². The largest absolute Gasteiger partial charge is 0.303 e. The number of benzene rings is 1. The molecule has 0 amide bonds. The van der Waals surface area contributed by atoms with Crippen LogP contribution in [0.3, 0.4) is 0 Å². The van der Waals surface area contributed by atoms with Gasteiger partial charge in [-0.2, -0.15) is 0 Å². The molecule has 3 heteroatoms. The highest BCUT2D eigenvalue weighted by Crippen LogP contribution is 2.19. The molecule has 1 aliphatic rings. The second-order valence-corrected chi connectivity index (χ2v) is 5.61. The first-order valence-electron chi connectivity index (χ1n) is 6.29. The van der Waals surface area contributed by atoms with Gasteiger partial charge >= 0.3 is 0 Å². The van der Waals surface area contributed by atoms with E-state index in [1.54, 1.807) is 0 Å². The molecule has 1 fully saturated rings. The monoisotopic (exact) mass is 249 g/mol. The van der Waals surface area contributed by atoms with Gasteiger partial charge in [-0.3, -0.25) is 4.79 Å². The highest BCUT2D eigenvalue weighted by atomic mass is 32.2. The molecule has 1 aromatic rings. The van der Waals surface area contributed by atoms with E-state index in [1.165, 1.54) is 43.8 Å². The van der Waals surface area contributed by atoms with Crippen LogP contribution in [0.4, 0.5) is 0 Å². The van der Waals surface area contributed by atoms with Crippen molar-refractivity contribution in [2.45, 2.75) is 24.2 Å². The molecular formula is C14H19NOS. The number of likely N-dealkylation sites (tertiary alicyclic amines) is 1. The number of hydrogen-bond donors (Lipinski definition) is 0. The molecule has 1 aromatic carbocycles. The molecule has 0 saturated carbocycles. The lowest BCUT2D eigenvalue weighted by atomic mass is 10.2. The lowest BCUT2D eigenvalue weighted by molar-refractivity contribution is 0.112. The van der Waals surface area contributed by atoms with Gasteiger partial charge in [-0.15, -0.1) is 11.8 Å². The molecule has 1 aliphatic heterocycles. The van der Waals surface area contributed by atoms with Crippen LogP contribution in [0.5, 0.6) is 0 Å². The van der Waals surface area contributed by atoms with Crippen molar-refractivity contribution >= 4 is 18.0 Å². The van der Waals surface area contributed by atoms with Crippen molar-refractivity contribution in [3.63, 3.8) is 0 Å². The third kappa shape index (κ3) is 4.17. The first kappa shape index (κ1) is 12.7. The number of hydrogen-bond acceptors (Lipinski definition) is 3. The quantitative estimate of drug-likeness (QED) is 0.439. The molecule has 0 N–H and O–H groups in total. The van der Waals surface area contributed by atoms with Crippen molar-refractivity contribution in [3.05, 3.63) is 29.8 Å². The Kier molecular flexibility index (Phi) is 5.08. The minimum absolute atomic E-state index is 0.756. The molecule has 92 valence electrons. The lowest BCUT2D eigenvalue weighted by Gasteiger charge is -2.13. The third-order valence-corrected chi connectivity index (χ3v) is 4.20. The molecule has 1 heterocycles. The first-order valence-corrected chi connectivity index (χ1v) is 7.27. The summed E-state index contributed by atoms with van der Waals surface area (Å²) in [6.45, 7) is 3.82. The van der Waals surface area contributed by atoms with Crippen LogP contribution in [0.1, 0.15) is 29.6 Å². The van der Waals surface area contributed by atoms with Crippen LogP contribution in [-0.4, -0.2) is 36.6 Å². The summed E-state index contributed by atoms with van der Waals surface area (Å²) in [5.41, 5.74) is 0.756. The number of rotatable bonds is 6. The second-order valence-electron chi connectivity index (χ2n) is 4.44. The van der Waals surface area contributed by atoms with E-state index < -0.39 is 0 Å². The number of thioether (sulfide) groups is 1. The Morgan fingerprint density at radius 1 is 1.18 bits per heavy atom. The molecule has 0 unspecified atom stereocenters. The highest BCUT2D eigenvalue weighted by molar-refractivity contribution is 7.99. The zero-order valence-corrected chi connectivity index (χ0v) is 10.9. The number of aldehydes is 1. The van der Waals surface area contributed by atoms with Crippen molar-refractivity contribution in [3.8, 4) is 0 Å². The number of nitrogens with zero attached hydrogens (tertiary/aromatic N) is 1. The summed E-state index contributed by atoms with van der Waals surface area (Å²) in [5, 5.41) is 0. The standard InChI is InChI=1S/C14H19NOS/c16-12-13-4-6-14(7-5-13)17-11-3-10-15-8-1-2-9-15/h4-7,12H,1-3,8-11H2. The van der Waals surface area contributed by atoms with E-state index in [0.29, 0.717) is 0 Å². The van der Waals surface area contributed by atoms with Crippen LogP contribution in [0.2, 0.25) is 0 Å². The van der Waals surface area contributed by atoms with Crippen molar-refractivity contribution in [2.24, 2.45) is 0 Å². The second kappa shape index (κ2) is 6.82. The summed E-state index contributed by atoms with van der Waals surface area (Å²) >= 11 is 1.88. The summed E-state index contributed by atoms with van der Waals surface area (Å²) in [4.78, 5) is 14.3. The fraction of sp³-hybridized carbons (Fsp3) is 0.500. The SMILES string of the molecule is O=Cc1ccc(SCCCN2CCCC2)cc1. The summed E-state index contributed by atoms with van der Waals surface area (Å²) in [6, 6.07) is 7.83. The minimum Gasteiger partial charge on any atom is -0.303 e. The predicted molar refractivity (Wildman–Crippen MR) is 72.8 cm³/mol. The van der Waals surface area contributed by atoms with Crippen LogP contribution in [0.25, 0.3) is 0 Å². The van der Waals surface area contributed by atoms with Gasteiger partial charge in [0.25, 0.3) is 0 Å². The van der Waals surface area contributed by atoms with Crippen LogP contribution < -0.4 is 0 Å². The Balaban J connectivity index is 1.65. The molecule has 2 rings (SSSR count). The average Bonchev–Trinajstić information content (AvgIpc) is 2.88. The molecule has 17 heavy (non-hydrogen) atoms. The topological polar surface area (TPSA) is 20.3 Å². The molecule has 0 aromatic heterocycles. The van der Waals surface area contributed by atoms with Gasteiger partial charge in [-0.25, -0.2) is 0 Å². The van der Waals surface area contributed by atoms with Gasteiger partial charge in [0.15, 0.2) is 0 Å². The number of carbonyl (C=O) groups is 1. The van der Waals surface area contributed by atoms with Gasteiger partial charge < -0.3 is 4.90 Å². The Morgan fingerprint density at radius 2 is 1.88 bits per heavy atom. The summed E-state index contributed by atoms with van der Waals surface area (Å²) < 4.78 is 0. The smallest absolute Gasteiger partial charge is 0.150 e. The van der Waals surface area contributed by atoms with Gasteiger partial charge in [-0.1, -0.05) is 12.1 Å². The van der Waals surface area contributed by atoms with E-state index in [0.717, 1.165) is 17.6 Å². The Morgan fingerprint density at radius 3 is 2.53 bits per heavy atom. The zero-order valence-electron chi connectivity index (χ0n) is 10.1. The summed E-state index contributed by atoms with van der Waals surface area (Å²) in [7, 11) is 0. The summed E-state index contributed by atoms with van der Waals surface area (Å²) in [5.74, 6) is 1.16. The Bertz CT molecular complexity index is 344. The molecular weight excluding hydrogens is 230 g/mol. The molecule has 0 radical (unpaired) electrons. The Labute approximate surface area is 107 Å². The maximum absolute atomic E-state index is 10.5. The van der Waals surface area contributed by atoms with E-state index in [2.05, 4.69) is 4.90 Å². The first-order chi connectivity index (χ1) is 8.38. The van der Waals surface area contributed by atoms with Crippen LogP contribution >= 0.6 is 11.8 Å². The molecule has 0 spiro atoms. The molecule has 2 nitrogen and oxygen atoms in total. The predicted octanol–water partition coefficient (Wildman–Crippen LogP) is 3.08. The molecule has 1 saturated heterocycles. The fourth-order valence-corrected chi connectivity index (χ4v) is 2.96. The Hall–Kier alpha value is -0.800. The highest BCUT2D eigenvalue weighted by Gasteiger charge is 2.10.